The average molecular weight is 219 g/mol. The summed E-state index contributed by atoms with van der Waals surface area (Å²) in [6.45, 7) is 0.717. The quantitative estimate of drug-likeness (QED) is 0.486. The molecule has 1 heterocycles. The fraction of sp³-hybridized carbons (Fsp3) is 0.273. The van der Waals surface area contributed by atoms with Crippen molar-refractivity contribution in [2.75, 3.05) is 11.4 Å². The molecule has 0 atom stereocenters. The summed E-state index contributed by atoms with van der Waals surface area (Å²) in [6.07, 6.45) is 1.72. The lowest BCUT2D eigenvalue weighted by Crippen LogP contribution is -2.40. The van der Waals surface area contributed by atoms with Crippen molar-refractivity contribution in [2.24, 2.45) is 5.73 Å². The molecule has 0 unspecified atom stereocenters. The van der Waals surface area contributed by atoms with Gasteiger partial charge in [0.25, 0.3) is 0 Å². The molecule has 0 spiro atoms. The van der Waals surface area contributed by atoms with Crippen molar-refractivity contribution in [3.05, 3.63) is 29.3 Å². The molecule has 0 fully saturated rings. The summed E-state index contributed by atoms with van der Waals surface area (Å²) in [6, 6.07) is 4.93. The van der Waals surface area contributed by atoms with Crippen molar-refractivity contribution in [3.8, 4) is 0 Å². The van der Waals surface area contributed by atoms with Gasteiger partial charge in [0.1, 0.15) is 0 Å². The maximum absolute atomic E-state index is 10.8. The molecular formula is C11H13N3O2. The number of nitrogens with two attached hydrogens (primary N) is 1. The second-order valence-electron chi connectivity index (χ2n) is 3.79. The van der Waals surface area contributed by atoms with E-state index < -0.39 is 5.97 Å². The van der Waals surface area contributed by atoms with E-state index >= 15 is 0 Å². The average Bonchev–Trinajstić information content (AvgIpc) is 2.27. The fourth-order valence-corrected chi connectivity index (χ4v) is 1.98. The van der Waals surface area contributed by atoms with Crippen molar-refractivity contribution in [1.29, 1.82) is 5.41 Å². The van der Waals surface area contributed by atoms with Crippen LogP contribution >= 0.6 is 0 Å². The highest BCUT2D eigenvalue weighted by atomic mass is 16.4. The van der Waals surface area contributed by atoms with Gasteiger partial charge in [-0.15, -0.1) is 0 Å². The highest BCUT2D eigenvalue weighted by molar-refractivity contribution is 5.95. The van der Waals surface area contributed by atoms with Gasteiger partial charge < -0.3 is 15.7 Å². The summed E-state index contributed by atoms with van der Waals surface area (Å²) < 4.78 is 0. The molecule has 1 aliphatic heterocycles. The Morgan fingerprint density at radius 2 is 2.25 bits per heavy atom. The van der Waals surface area contributed by atoms with Crippen LogP contribution in [0.4, 0.5) is 5.69 Å². The molecule has 1 aliphatic rings. The first kappa shape index (κ1) is 10.5. The number of rotatable bonds is 1. The van der Waals surface area contributed by atoms with Crippen molar-refractivity contribution < 1.29 is 9.90 Å². The van der Waals surface area contributed by atoms with Gasteiger partial charge in [-0.05, 0) is 36.6 Å². The molecular weight excluding hydrogens is 206 g/mol. The summed E-state index contributed by atoms with van der Waals surface area (Å²) in [7, 11) is 0. The third kappa shape index (κ3) is 1.71. The van der Waals surface area contributed by atoms with Crippen molar-refractivity contribution in [3.63, 3.8) is 0 Å². The van der Waals surface area contributed by atoms with Gasteiger partial charge in [0.15, 0.2) is 5.96 Å². The maximum Gasteiger partial charge on any atom is 0.335 e. The number of benzene rings is 1. The normalized spacial score (nSPS) is 14.4. The number of hydrogen-bond donors (Lipinski definition) is 3. The Labute approximate surface area is 93.0 Å². The number of fused-ring (bicyclic) bond motifs is 1. The summed E-state index contributed by atoms with van der Waals surface area (Å²) in [5.41, 5.74) is 7.55. The first-order valence-corrected chi connectivity index (χ1v) is 5.07. The van der Waals surface area contributed by atoms with Gasteiger partial charge in [-0.2, -0.15) is 0 Å². The number of carbonyl (C=O) groups is 1. The largest absolute Gasteiger partial charge is 0.478 e. The molecule has 5 nitrogen and oxygen atoms in total. The minimum absolute atomic E-state index is 0.00373. The van der Waals surface area contributed by atoms with Crippen LogP contribution in [0.15, 0.2) is 18.2 Å². The van der Waals surface area contributed by atoms with E-state index in [1.54, 1.807) is 23.1 Å². The van der Waals surface area contributed by atoms with Gasteiger partial charge in [-0.3, -0.25) is 5.41 Å². The number of guanidine groups is 1. The number of nitrogens with zero attached hydrogens (tertiary/aromatic N) is 1. The van der Waals surface area contributed by atoms with Crippen LogP contribution in [0, 0.1) is 5.41 Å². The van der Waals surface area contributed by atoms with Crippen LogP contribution in [0.5, 0.6) is 0 Å². The zero-order valence-corrected chi connectivity index (χ0v) is 8.73. The minimum atomic E-state index is -0.928. The van der Waals surface area contributed by atoms with Crippen LogP contribution in [0.3, 0.4) is 0 Å². The van der Waals surface area contributed by atoms with Gasteiger partial charge in [-0.1, -0.05) is 0 Å². The maximum atomic E-state index is 10.8. The van der Waals surface area contributed by atoms with Crippen molar-refractivity contribution in [1.82, 2.24) is 0 Å². The van der Waals surface area contributed by atoms with E-state index in [0.29, 0.717) is 0 Å². The molecule has 0 aromatic heterocycles. The predicted octanol–water partition coefficient (Wildman–Crippen LogP) is 1.03. The van der Waals surface area contributed by atoms with Crippen LogP contribution in [-0.2, 0) is 6.42 Å². The van der Waals surface area contributed by atoms with Gasteiger partial charge in [0.05, 0.1) is 5.56 Å². The lowest BCUT2D eigenvalue weighted by atomic mass is 9.99. The first-order valence-electron chi connectivity index (χ1n) is 5.07. The number of hydrogen-bond acceptors (Lipinski definition) is 2. The Bertz CT molecular complexity index is 457. The smallest absolute Gasteiger partial charge is 0.335 e. The zero-order chi connectivity index (χ0) is 11.7. The van der Waals surface area contributed by atoms with E-state index in [9.17, 15) is 4.79 Å². The molecule has 0 bridgehead atoms. The number of aryl methyl sites for hydroxylation is 1. The molecule has 4 N–H and O–H groups in total. The number of anilines is 1. The summed E-state index contributed by atoms with van der Waals surface area (Å²) in [4.78, 5) is 12.5. The minimum Gasteiger partial charge on any atom is -0.478 e. The van der Waals surface area contributed by atoms with E-state index in [1.165, 1.54) is 0 Å². The van der Waals surface area contributed by atoms with Crippen LogP contribution in [-0.4, -0.2) is 23.6 Å². The second kappa shape index (κ2) is 3.84. The molecule has 84 valence electrons. The van der Waals surface area contributed by atoms with Crippen molar-refractivity contribution in [2.45, 2.75) is 12.8 Å². The van der Waals surface area contributed by atoms with Crippen LogP contribution in [0.1, 0.15) is 22.3 Å². The monoisotopic (exact) mass is 219 g/mol. The lowest BCUT2D eigenvalue weighted by molar-refractivity contribution is 0.0697. The molecule has 5 heteroatoms. The fourth-order valence-electron chi connectivity index (χ4n) is 1.98. The molecule has 0 aliphatic carbocycles. The molecule has 0 saturated heterocycles. The Kier molecular flexibility index (Phi) is 2.52. The van der Waals surface area contributed by atoms with Gasteiger partial charge >= 0.3 is 5.97 Å². The molecule has 1 aromatic carbocycles. The lowest BCUT2D eigenvalue weighted by Gasteiger charge is -2.29. The van der Waals surface area contributed by atoms with E-state index in [0.717, 1.165) is 30.6 Å². The Morgan fingerprint density at radius 1 is 1.50 bits per heavy atom. The first-order chi connectivity index (χ1) is 7.59. The highest BCUT2D eigenvalue weighted by Gasteiger charge is 2.19. The Hall–Kier alpha value is -2.04. The van der Waals surface area contributed by atoms with E-state index in [-0.39, 0.29) is 11.5 Å². The topological polar surface area (TPSA) is 90.4 Å². The molecule has 0 amide bonds. The van der Waals surface area contributed by atoms with Crippen LogP contribution in [0.25, 0.3) is 0 Å². The van der Waals surface area contributed by atoms with E-state index in [4.69, 9.17) is 16.2 Å². The summed E-state index contributed by atoms with van der Waals surface area (Å²) >= 11 is 0. The second-order valence-corrected chi connectivity index (χ2v) is 3.79. The molecule has 2 rings (SSSR count). The highest BCUT2D eigenvalue weighted by Crippen LogP contribution is 2.27. The van der Waals surface area contributed by atoms with Gasteiger partial charge in [-0.25, -0.2) is 4.79 Å². The van der Waals surface area contributed by atoms with E-state index in [2.05, 4.69) is 0 Å². The zero-order valence-electron chi connectivity index (χ0n) is 8.73. The number of carboxylic acids is 1. The van der Waals surface area contributed by atoms with Gasteiger partial charge in [0.2, 0.25) is 0 Å². The summed E-state index contributed by atoms with van der Waals surface area (Å²) in [5.74, 6) is -0.924. The standard InChI is InChI=1S/C11H13N3O2/c12-11(13)14-5-1-2-7-6-8(10(15)16)3-4-9(7)14/h3-4,6H,1-2,5H2,(H3,12,13)(H,15,16). The van der Waals surface area contributed by atoms with Crippen molar-refractivity contribution >= 4 is 17.6 Å². The third-order valence-electron chi connectivity index (χ3n) is 2.74. The number of carboxylic acid groups (broad SMARTS) is 1. The molecule has 0 saturated carbocycles. The summed E-state index contributed by atoms with van der Waals surface area (Å²) in [5, 5.41) is 16.3. The Balaban J connectivity index is 2.44. The number of nitrogens with one attached hydrogen (secondary N) is 1. The van der Waals surface area contributed by atoms with Gasteiger partial charge in [0, 0.05) is 12.2 Å². The third-order valence-corrected chi connectivity index (χ3v) is 2.74. The van der Waals surface area contributed by atoms with E-state index in [1.807, 2.05) is 0 Å². The predicted molar refractivity (Wildman–Crippen MR) is 61.0 cm³/mol. The molecule has 0 radical (unpaired) electrons. The SMILES string of the molecule is N=C(N)N1CCCc2cc(C(=O)O)ccc21. The number of aromatic carboxylic acids is 1. The Morgan fingerprint density at radius 3 is 2.88 bits per heavy atom. The van der Waals surface area contributed by atoms with Crippen LogP contribution < -0.4 is 10.6 Å². The molecule has 1 aromatic rings. The molecule has 16 heavy (non-hydrogen) atoms. The van der Waals surface area contributed by atoms with Crippen LogP contribution in [0.2, 0.25) is 0 Å².